The first kappa shape index (κ1) is 30.1. The molecule has 0 unspecified atom stereocenters. The molecule has 0 heterocycles. The van der Waals surface area contributed by atoms with Crippen LogP contribution < -0.4 is 16.0 Å². The molecule has 0 spiro atoms. The average molecular weight is 502 g/mol. The van der Waals surface area contributed by atoms with E-state index in [1.165, 1.54) is 0 Å². The number of alkyl carbamates (subject to hydrolysis) is 1. The topological polar surface area (TPSA) is 134 Å². The number of carboxylic acid groups (broad SMARTS) is 1. The van der Waals surface area contributed by atoms with E-state index in [1.807, 2.05) is 20.1 Å². The second kappa shape index (κ2) is 14.4. The lowest BCUT2D eigenvalue weighted by Gasteiger charge is -2.29. The number of aliphatic carboxylic acids is 1. The summed E-state index contributed by atoms with van der Waals surface area (Å²) in [5.74, 6) is -0.525. The highest BCUT2D eigenvalue weighted by Crippen LogP contribution is 2.28. The van der Waals surface area contributed by atoms with E-state index in [0.717, 1.165) is 12.8 Å². The van der Waals surface area contributed by atoms with Crippen LogP contribution in [-0.2, 0) is 19.1 Å². The number of amides is 3. The predicted octanol–water partition coefficient (Wildman–Crippen LogP) is 3.17. The van der Waals surface area contributed by atoms with E-state index >= 15 is 0 Å². The van der Waals surface area contributed by atoms with Gasteiger partial charge in [0.15, 0.2) is 0 Å². The number of carbonyl (C=O) groups excluding carboxylic acids is 3. The first-order valence-corrected chi connectivity index (χ1v) is 13.5. The molecule has 0 aromatic heterocycles. The van der Waals surface area contributed by atoms with Crippen molar-refractivity contribution in [2.75, 3.05) is 18.6 Å². The Kier molecular flexibility index (Phi) is 12.8. The molecule has 0 aromatic rings. The SMILES string of the molecule is CSCC[C@H](NC(=O)C1CCC(CNC(=O)[C@@H](CC(C)C)NC(=O)OC(C)(C)C)CC1)C(=O)O. The molecular weight excluding hydrogens is 458 g/mol. The van der Waals surface area contributed by atoms with E-state index in [1.54, 1.807) is 32.5 Å². The van der Waals surface area contributed by atoms with Gasteiger partial charge in [0, 0.05) is 12.5 Å². The number of thioether (sulfide) groups is 1. The first-order chi connectivity index (χ1) is 15.8. The molecule has 1 aliphatic carbocycles. The van der Waals surface area contributed by atoms with E-state index in [4.69, 9.17) is 4.74 Å². The van der Waals surface area contributed by atoms with Crippen molar-refractivity contribution < 1.29 is 29.0 Å². The van der Waals surface area contributed by atoms with Crippen LogP contribution in [0.15, 0.2) is 0 Å². The third-order valence-electron chi connectivity index (χ3n) is 5.72. The van der Waals surface area contributed by atoms with Gasteiger partial charge in [-0.05, 0) is 83.1 Å². The minimum atomic E-state index is -1.00. The first-order valence-electron chi connectivity index (χ1n) is 12.1. The molecule has 1 saturated carbocycles. The third-order valence-corrected chi connectivity index (χ3v) is 6.37. The Labute approximate surface area is 207 Å². The van der Waals surface area contributed by atoms with Gasteiger partial charge >= 0.3 is 12.1 Å². The summed E-state index contributed by atoms with van der Waals surface area (Å²) in [7, 11) is 0. The van der Waals surface area contributed by atoms with E-state index in [9.17, 15) is 24.3 Å². The van der Waals surface area contributed by atoms with Gasteiger partial charge in [-0.1, -0.05) is 13.8 Å². The summed E-state index contributed by atoms with van der Waals surface area (Å²) >= 11 is 1.55. The largest absolute Gasteiger partial charge is 0.480 e. The van der Waals surface area contributed by atoms with E-state index in [2.05, 4.69) is 16.0 Å². The Morgan fingerprint density at radius 2 is 1.65 bits per heavy atom. The summed E-state index contributed by atoms with van der Waals surface area (Å²) in [6.45, 7) is 9.76. The molecule has 1 rings (SSSR count). The predicted molar refractivity (Wildman–Crippen MR) is 134 cm³/mol. The molecule has 1 aliphatic rings. The van der Waals surface area contributed by atoms with Gasteiger partial charge < -0.3 is 25.8 Å². The van der Waals surface area contributed by atoms with Gasteiger partial charge in [0.25, 0.3) is 0 Å². The van der Waals surface area contributed by atoms with Crippen LogP contribution >= 0.6 is 11.8 Å². The third kappa shape index (κ3) is 11.9. The van der Waals surface area contributed by atoms with Crippen LogP contribution in [0.25, 0.3) is 0 Å². The monoisotopic (exact) mass is 501 g/mol. The number of hydrogen-bond acceptors (Lipinski definition) is 6. The van der Waals surface area contributed by atoms with E-state index in [-0.39, 0.29) is 29.6 Å². The van der Waals surface area contributed by atoms with Gasteiger partial charge in [-0.15, -0.1) is 0 Å². The molecule has 9 nitrogen and oxygen atoms in total. The van der Waals surface area contributed by atoms with E-state index < -0.39 is 29.7 Å². The number of hydrogen-bond donors (Lipinski definition) is 4. The lowest BCUT2D eigenvalue weighted by molar-refractivity contribution is -0.142. The molecule has 4 N–H and O–H groups in total. The lowest BCUT2D eigenvalue weighted by atomic mass is 9.81. The number of carboxylic acids is 1. The molecular formula is C24H43N3O6S. The molecule has 2 atom stereocenters. The molecule has 1 fully saturated rings. The Bertz CT molecular complexity index is 687. The van der Waals surface area contributed by atoms with Gasteiger partial charge in [0.2, 0.25) is 11.8 Å². The Morgan fingerprint density at radius 1 is 1.03 bits per heavy atom. The second-order valence-corrected chi connectivity index (χ2v) is 11.5. The highest BCUT2D eigenvalue weighted by molar-refractivity contribution is 7.98. The molecule has 0 aromatic carbocycles. The fourth-order valence-electron chi connectivity index (χ4n) is 3.93. The van der Waals surface area contributed by atoms with Crippen LogP contribution in [0.4, 0.5) is 4.79 Å². The molecule has 0 saturated heterocycles. The summed E-state index contributed by atoms with van der Waals surface area (Å²) in [4.78, 5) is 48.8. The van der Waals surface area contributed by atoms with Crippen LogP contribution in [0, 0.1) is 17.8 Å². The maximum absolute atomic E-state index is 12.8. The zero-order valence-electron chi connectivity index (χ0n) is 21.4. The van der Waals surface area contributed by atoms with Crippen LogP contribution in [0.1, 0.15) is 73.1 Å². The average Bonchev–Trinajstić information content (AvgIpc) is 2.72. The summed E-state index contributed by atoms with van der Waals surface area (Å²) in [6, 6.07) is -1.53. The summed E-state index contributed by atoms with van der Waals surface area (Å²) in [6.07, 6.45) is 5.05. The fraction of sp³-hybridized carbons (Fsp3) is 0.833. The molecule has 196 valence electrons. The molecule has 0 aliphatic heterocycles. The standard InChI is InChI=1S/C24H43N3O6S/c1-15(2)13-19(27-23(32)33-24(3,4)5)21(29)25-14-16-7-9-17(10-8-16)20(28)26-18(22(30)31)11-12-34-6/h15-19H,7-14H2,1-6H3,(H,25,29)(H,26,28)(H,27,32)(H,30,31)/t16?,17?,18-,19+/m0/s1. The highest BCUT2D eigenvalue weighted by Gasteiger charge is 2.30. The Hall–Kier alpha value is -1.97. The zero-order chi connectivity index (χ0) is 25.9. The summed E-state index contributed by atoms with van der Waals surface area (Å²) in [5, 5.41) is 17.6. The molecule has 3 amide bonds. The van der Waals surface area contributed by atoms with Gasteiger partial charge in [-0.2, -0.15) is 11.8 Å². The molecule has 34 heavy (non-hydrogen) atoms. The summed E-state index contributed by atoms with van der Waals surface area (Å²) in [5.41, 5.74) is -0.646. The van der Waals surface area contributed by atoms with Crippen molar-refractivity contribution in [3.63, 3.8) is 0 Å². The second-order valence-electron chi connectivity index (χ2n) is 10.5. The van der Waals surface area contributed by atoms with Gasteiger partial charge in [-0.25, -0.2) is 9.59 Å². The van der Waals surface area contributed by atoms with Crippen molar-refractivity contribution in [2.45, 2.75) is 90.8 Å². The maximum Gasteiger partial charge on any atom is 0.408 e. The molecule has 0 radical (unpaired) electrons. The van der Waals surface area contributed by atoms with Crippen LogP contribution in [0.5, 0.6) is 0 Å². The van der Waals surface area contributed by atoms with Crippen molar-refractivity contribution in [3.05, 3.63) is 0 Å². The van der Waals surface area contributed by atoms with Crippen LogP contribution in [-0.4, -0.2) is 65.2 Å². The normalized spacial score (nSPS) is 20.2. The lowest BCUT2D eigenvalue weighted by Crippen LogP contribution is -2.49. The van der Waals surface area contributed by atoms with Crippen molar-refractivity contribution in [1.29, 1.82) is 0 Å². The maximum atomic E-state index is 12.8. The minimum absolute atomic E-state index is 0.199. The fourth-order valence-corrected chi connectivity index (χ4v) is 4.40. The van der Waals surface area contributed by atoms with Crippen molar-refractivity contribution in [2.24, 2.45) is 17.8 Å². The quantitative estimate of drug-likeness (QED) is 0.323. The van der Waals surface area contributed by atoms with Crippen molar-refractivity contribution >= 4 is 35.6 Å². The summed E-state index contributed by atoms with van der Waals surface area (Å²) < 4.78 is 5.29. The smallest absolute Gasteiger partial charge is 0.408 e. The van der Waals surface area contributed by atoms with Crippen LogP contribution in [0.3, 0.4) is 0 Å². The Morgan fingerprint density at radius 3 is 2.15 bits per heavy atom. The van der Waals surface area contributed by atoms with Crippen LogP contribution in [0.2, 0.25) is 0 Å². The zero-order valence-corrected chi connectivity index (χ0v) is 22.3. The van der Waals surface area contributed by atoms with Gasteiger partial charge in [0.1, 0.15) is 17.7 Å². The molecule has 10 heteroatoms. The van der Waals surface area contributed by atoms with Gasteiger partial charge in [0.05, 0.1) is 0 Å². The van der Waals surface area contributed by atoms with Gasteiger partial charge in [-0.3, -0.25) is 9.59 Å². The van der Waals surface area contributed by atoms with Crippen molar-refractivity contribution in [1.82, 2.24) is 16.0 Å². The number of ether oxygens (including phenoxy) is 1. The molecule has 0 bridgehead atoms. The Balaban J connectivity index is 2.51. The number of carbonyl (C=O) groups is 4. The number of rotatable bonds is 12. The highest BCUT2D eigenvalue weighted by atomic mass is 32.2. The van der Waals surface area contributed by atoms with E-state index in [0.29, 0.717) is 38.0 Å². The minimum Gasteiger partial charge on any atom is -0.480 e. The number of nitrogens with one attached hydrogen (secondary N) is 3. The van der Waals surface area contributed by atoms with Crippen molar-refractivity contribution in [3.8, 4) is 0 Å².